The molecule has 0 fully saturated rings. The number of carbonyl (C=O) groups excluding carboxylic acids is 4. The molecule has 0 aliphatic rings. The van der Waals surface area contributed by atoms with Crippen molar-refractivity contribution in [1.29, 1.82) is 0 Å². The predicted octanol–water partition coefficient (Wildman–Crippen LogP) is -2.95. The van der Waals surface area contributed by atoms with E-state index < -0.39 is 53.8 Å². The van der Waals surface area contributed by atoms with Crippen LogP contribution in [0.15, 0.2) is 29.3 Å². The van der Waals surface area contributed by atoms with Crippen LogP contribution in [0.4, 0.5) is 0 Å². The van der Waals surface area contributed by atoms with E-state index in [2.05, 4.69) is 33.6 Å². The number of carboxylic acids is 1. The van der Waals surface area contributed by atoms with Crippen molar-refractivity contribution < 1.29 is 34.2 Å². The van der Waals surface area contributed by atoms with Crippen LogP contribution in [0.3, 0.4) is 0 Å². The van der Waals surface area contributed by atoms with Gasteiger partial charge in [-0.2, -0.15) is 12.6 Å². The van der Waals surface area contributed by atoms with Crippen molar-refractivity contribution in [2.45, 2.75) is 56.3 Å². The standard InChI is InChI=1S/C23H36N8O7S/c24-14(2-1-9-28-23(26)27)19(34)30-16(10-12-3-5-13(32)6-4-12)20(35)31-17(11-39)21(36)29-15(22(37)38)7-8-18(25)33/h3-6,14-17,32,39H,1-2,7-11,24H2,(H2,25,33)(H,29,36)(H,30,34)(H,31,35)(H,37,38)(H4,26,27,28). The number of aliphatic imine (C=N–C) groups is 1. The van der Waals surface area contributed by atoms with Crippen LogP contribution in [0.1, 0.15) is 31.2 Å². The van der Waals surface area contributed by atoms with E-state index in [1.807, 2.05) is 0 Å². The Balaban J connectivity index is 2.97. The fourth-order valence-electron chi connectivity index (χ4n) is 3.29. The summed E-state index contributed by atoms with van der Waals surface area (Å²) in [5, 5.41) is 26.1. The zero-order chi connectivity index (χ0) is 29.5. The van der Waals surface area contributed by atoms with E-state index in [-0.39, 0.29) is 49.7 Å². The molecule has 0 heterocycles. The highest BCUT2D eigenvalue weighted by molar-refractivity contribution is 7.80. The van der Waals surface area contributed by atoms with Gasteiger partial charge in [0, 0.05) is 25.1 Å². The fourth-order valence-corrected chi connectivity index (χ4v) is 3.55. The summed E-state index contributed by atoms with van der Waals surface area (Å²) in [6, 6.07) is 1.04. The number of hydrogen-bond donors (Lipinski definition) is 10. The van der Waals surface area contributed by atoms with Crippen molar-refractivity contribution in [1.82, 2.24) is 16.0 Å². The zero-order valence-corrected chi connectivity index (χ0v) is 22.1. The number of rotatable bonds is 17. The first-order valence-corrected chi connectivity index (χ1v) is 12.6. The smallest absolute Gasteiger partial charge is 0.326 e. The molecule has 0 saturated heterocycles. The van der Waals surface area contributed by atoms with Gasteiger partial charge in [-0.3, -0.25) is 24.2 Å². The molecule has 0 bridgehead atoms. The highest BCUT2D eigenvalue weighted by atomic mass is 32.1. The molecule has 13 N–H and O–H groups in total. The number of nitrogens with one attached hydrogen (secondary N) is 3. The number of primary amides is 1. The Morgan fingerprint density at radius 2 is 1.44 bits per heavy atom. The number of nitrogens with two attached hydrogens (primary N) is 4. The summed E-state index contributed by atoms with van der Waals surface area (Å²) in [5.74, 6) is -4.68. The maximum Gasteiger partial charge on any atom is 0.326 e. The van der Waals surface area contributed by atoms with Gasteiger partial charge in [-0.15, -0.1) is 0 Å². The lowest BCUT2D eigenvalue weighted by Crippen LogP contribution is -2.58. The molecule has 0 spiro atoms. The maximum atomic E-state index is 13.2. The molecule has 4 amide bonds. The third kappa shape index (κ3) is 12.8. The van der Waals surface area contributed by atoms with Gasteiger partial charge < -0.3 is 49.1 Å². The van der Waals surface area contributed by atoms with E-state index in [0.717, 1.165) is 0 Å². The van der Waals surface area contributed by atoms with Gasteiger partial charge in [0.25, 0.3) is 0 Å². The normalized spacial score (nSPS) is 13.7. The first kappa shape index (κ1) is 33.0. The molecule has 4 atom stereocenters. The Labute approximate surface area is 230 Å². The first-order valence-electron chi connectivity index (χ1n) is 12.0. The average Bonchev–Trinajstić information content (AvgIpc) is 2.87. The van der Waals surface area contributed by atoms with Crippen LogP contribution < -0.4 is 38.9 Å². The van der Waals surface area contributed by atoms with Crippen LogP contribution in [0.5, 0.6) is 5.75 Å². The molecule has 16 heteroatoms. The molecular formula is C23H36N8O7S. The van der Waals surface area contributed by atoms with Gasteiger partial charge in [-0.05, 0) is 37.0 Å². The van der Waals surface area contributed by atoms with Crippen LogP contribution in [0.2, 0.25) is 0 Å². The molecule has 4 unspecified atom stereocenters. The Bertz CT molecular complexity index is 1030. The average molecular weight is 569 g/mol. The summed E-state index contributed by atoms with van der Waals surface area (Å²) in [5.41, 5.74) is 22.1. The first-order chi connectivity index (χ1) is 18.3. The minimum absolute atomic E-state index is 0.00251. The van der Waals surface area contributed by atoms with Gasteiger partial charge in [0.2, 0.25) is 23.6 Å². The predicted molar refractivity (Wildman–Crippen MR) is 145 cm³/mol. The van der Waals surface area contributed by atoms with E-state index in [4.69, 9.17) is 22.9 Å². The number of aliphatic carboxylic acids is 1. The molecule has 0 radical (unpaired) electrons. The topological polar surface area (TPSA) is 278 Å². The number of guanidine groups is 1. The number of amides is 4. The van der Waals surface area contributed by atoms with Crippen molar-refractivity contribution in [2.75, 3.05) is 12.3 Å². The van der Waals surface area contributed by atoms with Crippen molar-refractivity contribution in [3.05, 3.63) is 29.8 Å². The highest BCUT2D eigenvalue weighted by Gasteiger charge is 2.30. The molecule has 216 valence electrons. The van der Waals surface area contributed by atoms with E-state index in [1.165, 1.54) is 12.1 Å². The number of benzene rings is 1. The molecule has 1 rings (SSSR count). The van der Waals surface area contributed by atoms with Crippen molar-refractivity contribution in [3.8, 4) is 5.75 Å². The lowest BCUT2D eigenvalue weighted by molar-refractivity contribution is -0.142. The Kier molecular flexibility index (Phi) is 14.1. The molecule has 0 aromatic heterocycles. The third-order valence-electron chi connectivity index (χ3n) is 5.42. The Hall–Kier alpha value is -4.05. The van der Waals surface area contributed by atoms with E-state index in [9.17, 15) is 34.2 Å². The Morgan fingerprint density at radius 1 is 0.872 bits per heavy atom. The zero-order valence-electron chi connectivity index (χ0n) is 21.2. The number of nitrogens with zero attached hydrogens (tertiary/aromatic N) is 1. The molecule has 1 aromatic carbocycles. The molecule has 39 heavy (non-hydrogen) atoms. The minimum Gasteiger partial charge on any atom is -0.508 e. The number of phenols is 1. The van der Waals surface area contributed by atoms with Gasteiger partial charge in [0.15, 0.2) is 5.96 Å². The lowest BCUT2D eigenvalue weighted by Gasteiger charge is -2.24. The fraction of sp³-hybridized carbons (Fsp3) is 0.478. The second kappa shape index (κ2) is 16.7. The van der Waals surface area contributed by atoms with Gasteiger partial charge in [0.05, 0.1) is 6.04 Å². The van der Waals surface area contributed by atoms with Gasteiger partial charge in [0.1, 0.15) is 23.9 Å². The van der Waals surface area contributed by atoms with Crippen LogP contribution in [-0.4, -0.2) is 82.2 Å². The summed E-state index contributed by atoms with van der Waals surface area (Å²) in [6.07, 6.45) is 0.0889. The third-order valence-corrected chi connectivity index (χ3v) is 5.79. The summed E-state index contributed by atoms with van der Waals surface area (Å²) >= 11 is 4.07. The summed E-state index contributed by atoms with van der Waals surface area (Å²) in [6.45, 7) is 0.260. The maximum absolute atomic E-state index is 13.2. The number of thiol groups is 1. The second-order valence-corrected chi connectivity index (χ2v) is 9.00. The van der Waals surface area contributed by atoms with Crippen molar-refractivity contribution in [3.63, 3.8) is 0 Å². The minimum atomic E-state index is -1.42. The highest BCUT2D eigenvalue weighted by Crippen LogP contribution is 2.12. The number of carbonyl (C=O) groups is 5. The van der Waals surface area contributed by atoms with Crippen molar-refractivity contribution in [2.24, 2.45) is 27.9 Å². The molecule has 15 nitrogen and oxygen atoms in total. The van der Waals surface area contributed by atoms with Crippen LogP contribution in [0, 0.1) is 0 Å². The largest absolute Gasteiger partial charge is 0.508 e. The van der Waals surface area contributed by atoms with Gasteiger partial charge in [-0.1, -0.05) is 12.1 Å². The van der Waals surface area contributed by atoms with Crippen molar-refractivity contribution >= 4 is 48.2 Å². The van der Waals surface area contributed by atoms with E-state index in [0.29, 0.717) is 12.0 Å². The second-order valence-electron chi connectivity index (χ2n) is 8.64. The number of carboxylic acid groups (broad SMARTS) is 1. The van der Waals surface area contributed by atoms with Crippen LogP contribution >= 0.6 is 12.6 Å². The number of phenolic OH excluding ortho intramolecular Hbond substituents is 1. The van der Waals surface area contributed by atoms with Crippen LogP contribution in [-0.2, 0) is 30.4 Å². The van der Waals surface area contributed by atoms with Crippen LogP contribution in [0.25, 0.3) is 0 Å². The van der Waals surface area contributed by atoms with Gasteiger partial charge in [-0.25, -0.2) is 4.79 Å². The number of hydrogen-bond acceptors (Lipinski definition) is 9. The molecule has 0 aliphatic heterocycles. The van der Waals surface area contributed by atoms with Gasteiger partial charge >= 0.3 is 5.97 Å². The SMILES string of the molecule is NC(=O)CCC(NC(=O)C(CS)NC(=O)C(Cc1ccc(O)cc1)NC(=O)C(N)CCCN=C(N)N)C(=O)O. The summed E-state index contributed by atoms with van der Waals surface area (Å²) < 4.78 is 0. The lowest BCUT2D eigenvalue weighted by atomic mass is 10.0. The van der Waals surface area contributed by atoms with E-state index >= 15 is 0 Å². The monoisotopic (exact) mass is 568 g/mol. The molecule has 0 saturated carbocycles. The molecular weight excluding hydrogens is 532 g/mol. The number of aromatic hydroxyl groups is 1. The summed E-state index contributed by atoms with van der Waals surface area (Å²) in [4.78, 5) is 64.9. The molecule has 1 aromatic rings. The quantitative estimate of drug-likeness (QED) is 0.0394. The summed E-state index contributed by atoms with van der Waals surface area (Å²) in [7, 11) is 0. The molecule has 0 aliphatic carbocycles. The van der Waals surface area contributed by atoms with E-state index in [1.54, 1.807) is 12.1 Å². The Morgan fingerprint density at radius 3 is 1.97 bits per heavy atom.